The molecule has 0 bridgehead atoms. The van der Waals surface area contributed by atoms with Gasteiger partial charge in [0.15, 0.2) is 0 Å². The molecule has 0 aromatic carbocycles. The molecule has 3 aromatic heterocycles. The Morgan fingerprint density at radius 3 is 2.90 bits per heavy atom. The molecule has 1 aliphatic rings. The van der Waals surface area contributed by atoms with Gasteiger partial charge >= 0.3 is 0 Å². The van der Waals surface area contributed by atoms with E-state index < -0.39 is 18.2 Å². The monoisotopic (exact) mass is 398 g/mol. The number of hydrogen-bond donors (Lipinski definition) is 3. The molecule has 29 heavy (non-hydrogen) atoms. The summed E-state index contributed by atoms with van der Waals surface area (Å²) >= 11 is 0. The van der Waals surface area contributed by atoms with Gasteiger partial charge in [0.2, 0.25) is 5.78 Å². The number of carbonyl (C=O) groups is 1. The minimum Gasteiger partial charge on any atom is -0.390 e. The van der Waals surface area contributed by atoms with Crippen LogP contribution in [0.15, 0.2) is 35.4 Å². The van der Waals surface area contributed by atoms with Crippen molar-refractivity contribution >= 4 is 11.6 Å². The SMILES string of the molecule is Cc1cc(Cn2ccc(C(=O)c3cncnc3N[C@@H]3C[C@@H](C)[C@@H](O)[C@H]3O)n2)no1. The normalized spacial score (nSPS) is 24.0. The van der Waals surface area contributed by atoms with Gasteiger partial charge in [-0.25, -0.2) is 9.97 Å². The molecular weight excluding hydrogens is 376 g/mol. The number of nitrogens with one attached hydrogen (secondary N) is 1. The lowest BCUT2D eigenvalue weighted by atomic mass is 10.1. The molecule has 10 heteroatoms. The number of aliphatic hydroxyl groups is 2. The van der Waals surface area contributed by atoms with Crippen LogP contribution in [0.1, 0.15) is 40.9 Å². The van der Waals surface area contributed by atoms with Crippen molar-refractivity contribution in [1.82, 2.24) is 24.9 Å². The average Bonchev–Trinajstić information content (AvgIpc) is 3.40. The molecule has 152 valence electrons. The number of aliphatic hydroxyl groups excluding tert-OH is 2. The summed E-state index contributed by atoms with van der Waals surface area (Å²) < 4.78 is 6.64. The Hall–Kier alpha value is -3.11. The minimum atomic E-state index is -0.937. The summed E-state index contributed by atoms with van der Waals surface area (Å²) in [6.45, 7) is 4.05. The predicted molar refractivity (Wildman–Crippen MR) is 101 cm³/mol. The van der Waals surface area contributed by atoms with E-state index >= 15 is 0 Å². The molecule has 4 atom stereocenters. The molecule has 3 heterocycles. The van der Waals surface area contributed by atoms with Crippen LogP contribution < -0.4 is 5.32 Å². The van der Waals surface area contributed by atoms with Crippen molar-refractivity contribution in [2.24, 2.45) is 5.92 Å². The fraction of sp³-hybridized carbons (Fsp3) is 0.421. The van der Waals surface area contributed by atoms with Crippen molar-refractivity contribution in [3.8, 4) is 0 Å². The highest BCUT2D eigenvalue weighted by Crippen LogP contribution is 2.29. The zero-order valence-electron chi connectivity index (χ0n) is 16.1. The van der Waals surface area contributed by atoms with Crippen LogP contribution in [0.3, 0.4) is 0 Å². The van der Waals surface area contributed by atoms with E-state index in [4.69, 9.17) is 4.52 Å². The number of nitrogens with zero attached hydrogens (tertiary/aromatic N) is 5. The van der Waals surface area contributed by atoms with Gasteiger partial charge in [0, 0.05) is 18.5 Å². The van der Waals surface area contributed by atoms with Gasteiger partial charge in [0.25, 0.3) is 0 Å². The van der Waals surface area contributed by atoms with E-state index in [1.54, 1.807) is 29.9 Å². The Balaban J connectivity index is 1.52. The molecule has 3 aromatic rings. The van der Waals surface area contributed by atoms with Crippen molar-refractivity contribution in [3.05, 3.63) is 53.6 Å². The van der Waals surface area contributed by atoms with E-state index in [1.165, 1.54) is 12.5 Å². The Morgan fingerprint density at radius 1 is 1.38 bits per heavy atom. The first-order valence-corrected chi connectivity index (χ1v) is 9.35. The number of ketones is 1. The molecule has 0 unspecified atom stereocenters. The van der Waals surface area contributed by atoms with Crippen molar-refractivity contribution in [1.29, 1.82) is 0 Å². The molecule has 1 aliphatic carbocycles. The van der Waals surface area contributed by atoms with Crippen LogP contribution in [-0.2, 0) is 6.54 Å². The lowest BCUT2D eigenvalue weighted by molar-refractivity contribution is 0.0210. The lowest BCUT2D eigenvalue weighted by Crippen LogP contribution is -2.35. The van der Waals surface area contributed by atoms with Crippen LogP contribution in [0.25, 0.3) is 0 Å². The molecule has 3 N–H and O–H groups in total. The maximum Gasteiger partial charge on any atom is 0.218 e. The molecule has 0 aliphatic heterocycles. The summed E-state index contributed by atoms with van der Waals surface area (Å²) in [6, 6.07) is 3.01. The van der Waals surface area contributed by atoms with E-state index in [-0.39, 0.29) is 23.0 Å². The second kappa shape index (κ2) is 7.72. The number of anilines is 1. The maximum atomic E-state index is 13.0. The maximum absolute atomic E-state index is 13.0. The first-order valence-electron chi connectivity index (χ1n) is 9.35. The van der Waals surface area contributed by atoms with Crippen molar-refractivity contribution in [2.75, 3.05) is 5.32 Å². The zero-order valence-corrected chi connectivity index (χ0v) is 16.1. The van der Waals surface area contributed by atoms with Crippen LogP contribution in [0.4, 0.5) is 5.82 Å². The standard InChI is InChI=1S/C19H22N6O4/c1-10-5-15(18(28)16(10)26)22-19-13(7-20-9-21-19)17(27)14-3-4-25(23-14)8-12-6-11(2)29-24-12/h3-4,6-7,9-10,15-16,18,26,28H,5,8H2,1-2H3,(H,20,21,22)/t10-,15-,16-,18+/m1/s1. The highest BCUT2D eigenvalue weighted by molar-refractivity contribution is 6.10. The topological polar surface area (TPSA) is 139 Å². The molecule has 0 saturated heterocycles. The zero-order chi connectivity index (χ0) is 20.5. The van der Waals surface area contributed by atoms with E-state index in [1.807, 2.05) is 6.92 Å². The number of aryl methyl sites for hydroxylation is 1. The second-order valence-electron chi connectivity index (χ2n) is 7.39. The van der Waals surface area contributed by atoms with Crippen molar-refractivity contribution < 1.29 is 19.5 Å². The lowest BCUT2D eigenvalue weighted by Gasteiger charge is -2.19. The van der Waals surface area contributed by atoms with Gasteiger partial charge in [-0.05, 0) is 25.3 Å². The van der Waals surface area contributed by atoms with Crippen LogP contribution in [0, 0.1) is 12.8 Å². The van der Waals surface area contributed by atoms with Gasteiger partial charge in [0.1, 0.15) is 35.4 Å². The first-order chi connectivity index (χ1) is 13.9. The van der Waals surface area contributed by atoms with Gasteiger partial charge in [-0.1, -0.05) is 12.1 Å². The average molecular weight is 398 g/mol. The Bertz CT molecular complexity index is 1020. The highest BCUT2D eigenvalue weighted by Gasteiger charge is 2.39. The smallest absolute Gasteiger partial charge is 0.218 e. The van der Waals surface area contributed by atoms with Crippen molar-refractivity contribution in [2.45, 2.75) is 45.1 Å². The number of aromatic nitrogens is 5. The van der Waals surface area contributed by atoms with E-state index in [2.05, 4.69) is 25.5 Å². The quantitative estimate of drug-likeness (QED) is 0.514. The summed E-state index contributed by atoms with van der Waals surface area (Å²) in [5.74, 6) is 0.606. The van der Waals surface area contributed by atoms with E-state index in [0.717, 1.165) is 0 Å². The van der Waals surface area contributed by atoms with Crippen LogP contribution in [0.5, 0.6) is 0 Å². The number of rotatable bonds is 6. The largest absolute Gasteiger partial charge is 0.390 e. The predicted octanol–water partition coefficient (Wildman–Crippen LogP) is 0.791. The molecule has 0 spiro atoms. The Morgan fingerprint density at radius 2 is 2.21 bits per heavy atom. The third-order valence-electron chi connectivity index (χ3n) is 5.12. The van der Waals surface area contributed by atoms with Crippen molar-refractivity contribution in [3.63, 3.8) is 0 Å². The summed E-state index contributed by atoms with van der Waals surface area (Å²) in [5.41, 5.74) is 1.19. The van der Waals surface area contributed by atoms with Gasteiger partial charge in [0.05, 0.1) is 24.3 Å². The van der Waals surface area contributed by atoms with Gasteiger partial charge in [-0.3, -0.25) is 9.48 Å². The fourth-order valence-electron chi connectivity index (χ4n) is 3.55. The summed E-state index contributed by atoms with van der Waals surface area (Å²) in [5, 5.41) is 31.5. The molecule has 1 fully saturated rings. The van der Waals surface area contributed by atoms with Crippen LogP contribution in [-0.4, -0.2) is 59.2 Å². The van der Waals surface area contributed by atoms with Gasteiger partial charge < -0.3 is 20.1 Å². The molecular formula is C19H22N6O4. The van der Waals surface area contributed by atoms with Crippen LogP contribution in [0.2, 0.25) is 0 Å². The summed E-state index contributed by atoms with van der Waals surface area (Å²) in [6.07, 6.45) is 3.24. The summed E-state index contributed by atoms with van der Waals surface area (Å²) in [4.78, 5) is 21.1. The number of carbonyl (C=O) groups excluding carboxylic acids is 1. The molecule has 1 saturated carbocycles. The second-order valence-corrected chi connectivity index (χ2v) is 7.39. The third-order valence-corrected chi connectivity index (χ3v) is 5.12. The molecule has 0 radical (unpaired) electrons. The van der Waals surface area contributed by atoms with Gasteiger partial charge in [-0.2, -0.15) is 5.10 Å². The molecule has 10 nitrogen and oxygen atoms in total. The first kappa shape index (κ1) is 19.2. The number of hydrogen-bond acceptors (Lipinski definition) is 9. The Kier molecular flexibility index (Phi) is 5.12. The summed E-state index contributed by atoms with van der Waals surface area (Å²) in [7, 11) is 0. The van der Waals surface area contributed by atoms with E-state index in [9.17, 15) is 15.0 Å². The minimum absolute atomic E-state index is 0.0562. The molecule has 4 rings (SSSR count). The molecule has 0 amide bonds. The van der Waals surface area contributed by atoms with Crippen LogP contribution >= 0.6 is 0 Å². The van der Waals surface area contributed by atoms with E-state index in [0.29, 0.717) is 30.2 Å². The Labute approximate surface area is 166 Å². The highest BCUT2D eigenvalue weighted by atomic mass is 16.5. The third kappa shape index (κ3) is 3.89. The van der Waals surface area contributed by atoms with Gasteiger partial charge in [-0.15, -0.1) is 0 Å². The fourth-order valence-corrected chi connectivity index (χ4v) is 3.55.